The Morgan fingerprint density at radius 1 is 1.18 bits per heavy atom. The topological polar surface area (TPSA) is 94.4 Å². The molecule has 1 amide bonds. The molecule has 0 aliphatic carbocycles. The van der Waals surface area contributed by atoms with Crippen LogP contribution < -0.4 is 15.0 Å². The van der Waals surface area contributed by atoms with Crippen molar-refractivity contribution in [3.8, 4) is 5.75 Å². The van der Waals surface area contributed by atoms with Crippen LogP contribution in [0.5, 0.6) is 5.75 Å². The molecule has 3 aromatic rings. The number of benzene rings is 1. The highest BCUT2D eigenvalue weighted by atomic mass is 32.2. The van der Waals surface area contributed by atoms with Crippen LogP contribution in [0.4, 0.5) is 5.82 Å². The van der Waals surface area contributed by atoms with Crippen LogP contribution in [0.2, 0.25) is 0 Å². The van der Waals surface area contributed by atoms with Gasteiger partial charge in [0.15, 0.2) is 10.8 Å². The second-order valence-electron chi connectivity index (χ2n) is 7.57. The first kappa shape index (κ1) is 23.3. The maximum absolute atomic E-state index is 12.4. The maximum atomic E-state index is 12.4. The van der Waals surface area contributed by atoms with Crippen molar-refractivity contribution in [3.05, 3.63) is 36.0 Å². The molecule has 0 spiro atoms. The third kappa shape index (κ3) is 5.94. The van der Waals surface area contributed by atoms with Gasteiger partial charge in [0.1, 0.15) is 11.6 Å². The van der Waals surface area contributed by atoms with Crippen LogP contribution in [0.15, 0.2) is 35.6 Å². The van der Waals surface area contributed by atoms with Crippen molar-refractivity contribution in [2.75, 3.05) is 50.1 Å². The van der Waals surface area contributed by atoms with Crippen LogP contribution in [-0.2, 0) is 22.5 Å². The highest BCUT2D eigenvalue weighted by Gasteiger charge is 2.20. The Labute approximate surface area is 197 Å². The van der Waals surface area contributed by atoms with Crippen molar-refractivity contribution in [2.45, 2.75) is 32.0 Å². The third-order valence-corrected chi connectivity index (χ3v) is 6.01. The summed E-state index contributed by atoms with van der Waals surface area (Å²) in [6.07, 6.45) is 2.15. The molecule has 1 fully saturated rings. The molecule has 4 rings (SSSR count). The first-order valence-corrected chi connectivity index (χ1v) is 12.3. The molecule has 10 heteroatoms. The Hall–Kier alpha value is -2.85. The lowest BCUT2D eigenvalue weighted by Gasteiger charge is -2.28. The van der Waals surface area contributed by atoms with Gasteiger partial charge in [0.2, 0.25) is 5.91 Å². The van der Waals surface area contributed by atoms with Gasteiger partial charge in [-0.3, -0.25) is 4.79 Å². The molecule has 0 bridgehead atoms. The average molecular weight is 471 g/mol. The van der Waals surface area contributed by atoms with E-state index in [0.717, 1.165) is 52.2 Å². The Balaban J connectivity index is 1.40. The molecule has 176 valence electrons. The van der Waals surface area contributed by atoms with E-state index in [1.165, 1.54) is 0 Å². The number of anilines is 1. The molecular weight excluding hydrogens is 440 g/mol. The van der Waals surface area contributed by atoms with Gasteiger partial charge in [-0.15, -0.1) is 0 Å². The SMILES string of the molecule is CCOc1ccc(CC(=O)NCCn2ncc3c(N4CCOCC4)nc(SCC)nc32)cc1. The Morgan fingerprint density at radius 2 is 1.97 bits per heavy atom. The van der Waals surface area contributed by atoms with Gasteiger partial charge in [-0.25, -0.2) is 14.6 Å². The lowest BCUT2D eigenvalue weighted by molar-refractivity contribution is -0.120. The van der Waals surface area contributed by atoms with Gasteiger partial charge >= 0.3 is 0 Å². The summed E-state index contributed by atoms with van der Waals surface area (Å²) in [5.41, 5.74) is 1.74. The summed E-state index contributed by atoms with van der Waals surface area (Å²) in [5.74, 6) is 2.59. The summed E-state index contributed by atoms with van der Waals surface area (Å²) in [5, 5.41) is 9.20. The van der Waals surface area contributed by atoms with Crippen LogP contribution in [-0.4, -0.2) is 70.9 Å². The number of thioether (sulfide) groups is 1. The zero-order chi connectivity index (χ0) is 23.0. The second kappa shape index (κ2) is 11.3. The van der Waals surface area contributed by atoms with Crippen molar-refractivity contribution in [2.24, 2.45) is 0 Å². The molecule has 0 radical (unpaired) electrons. The number of fused-ring (bicyclic) bond motifs is 1. The van der Waals surface area contributed by atoms with Crippen molar-refractivity contribution in [3.63, 3.8) is 0 Å². The number of morpholine rings is 1. The molecule has 1 N–H and O–H groups in total. The van der Waals surface area contributed by atoms with Crippen LogP contribution in [0, 0.1) is 0 Å². The van der Waals surface area contributed by atoms with Crippen molar-refractivity contribution in [1.82, 2.24) is 25.1 Å². The van der Waals surface area contributed by atoms with E-state index in [1.807, 2.05) is 42.1 Å². The molecule has 0 atom stereocenters. The van der Waals surface area contributed by atoms with Crippen LogP contribution in [0.25, 0.3) is 11.0 Å². The summed E-state index contributed by atoms with van der Waals surface area (Å²) in [6, 6.07) is 7.62. The molecule has 3 heterocycles. The molecule has 1 saturated heterocycles. The quantitative estimate of drug-likeness (QED) is 0.357. The molecule has 0 unspecified atom stereocenters. The van der Waals surface area contributed by atoms with E-state index in [4.69, 9.17) is 19.4 Å². The minimum Gasteiger partial charge on any atom is -0.494 e. The summed E-state index contributed by atoms with van der Waals surface area (Å²) in [6.45, 7) is 8.65. The van der Waals surface area contributed by atoms with Gasteiger partial charge in [0.05, 0.1) is 44.4 Å². The van der Waals surface area contributed by atoms with Gasteiger partial charge in [0, 0.05) is 19.6 Å². The number of aromatic nitrogens is 4. The number of rotatable bonds is 10. The van der Waals surface area contributed by atoms with Gasteiger partial charge in [0.25, 0.3) is 0 Å². The predicted octanol–water partition coefficient (Wildman–Crippen LogP) is 2.53. The molecule has 2 aromatic heterocycles. The number of carbonyl (C=O) groups is 1. The number of hydrogen-bond acceptors (Lipinski definition) is 8. The van der Waals surface area contributed by atoms with E-state index >= 15 is 0 Å². The largest absolute Gasteiger partial charge is 0.494 e. The first-order chi connectivity index (χ1) is 16.2. The van der Waals surface area contributed by atoms with Crippen molar-refractivity contribution in [1.29, 1.82) is 0 Å². The van der Waals surface area contributed by atoms with Gasteiger partial charge in [-0.05, 0) is 30.4 Å². The number of hydrogen-bond donors (Lipinski definition) is 1. The van der Waals surface area contributed by atoms with E-state index in [-0.39, 0.29) is 5.91 Å². The molecule has 1 aliphatic rings. The zero-order valence-corrected chi connectivity index (χ0v) is 19.9. The summed E-state index contributed by atoms with van der Waals surface area (Å²) in [7, 11) is 0. The Morgan fingerprint density at radius 3 is 2.70 bits per heavy atom. The van der Waals surface area contributed by atoms with E-state index in [2.05, 4.69) is 22.2 Å². The molecule has 0 saturated carbocycles. The number of carbonyl (C=O) groups excluding carboxylic acids is 1. The fourth-order valence-corrected chi connectivity index (χ4v) is 4.27. The summed E-state index contributed by atoms with van der Waals surface area (Å²) >= 11 is 1.61. The minimum absolute atomic E-state index is 0.0264. The third-order valence-electron chi connectivity index (χ3n) is 5.28. The monoisotopic (exact) mass is 470 g/mol. The van der Waals surface area contributed by atoms with Crippen LogP contribution >= 0.6 is 11.8 Å². The minimum atomic E-state index is -0.0264. The standard InChI is InChI=1S/C23H30N6O3S/c1-3-32-18-7-5-17(6-8-18)15-20(30)24-9-10-29-22-19(16-25-29)21(26-23(27-22)33-4-2)28-11-13-31-14-12-28/h5-8,16H,3-4,9-15H2,1-2H3,(H,24,30). The maximum Gasteiger partial charge on any atom is 0.224 e. The van der Waals surface area contributed by atoms with Crippen molar-refractivity contribution < 1.29 is 14.3 Å². The smallest absolute Gasteiger partial charge is 0.224 e. The number of nitrogens with zero attached hydrogens (tertiary/aromatic N) is 5. The van der Waals surface area contributed by atoms with E-state index in [0.29, 0.717) is 39.3 Å². The lowest BCUT2D eigenvalue weighted by Crippen LogP contribution is -2.37. The Bertz CT molecular complexity index is 1070. The molecule has 1 aromatic carbocycles. The molecule has 1 aliphatic heterocycles. The fourth-order valence-electron chi connectivity index (χ4n) is 3.71. The van der Waals surface area contributed by atoms with E-state index in [1.54, 1.807) is 11.8 Å². The van der Waals surface area contributed by atoms with Crippen molar-refractivity contribution >= 4 is 34.5 Å². The van der Waals surface area contributed by atoms with Crippen LogP contribution in [0.3, 0.4) is 0 Å². The average Bonchev–Trinajstić information content (AvgIpc) is 3.24. The normalized spacial score (nSPS) is 13.9. The highest BCUT2D eigenvalue weighted by Crippen LogP contribution is 2.27. The van der Waals surface area contributed by atoms with E-state index < -0.39 is 0 Å². The van der Waals surface area contributed by atoms with Gasteiger partial charge in [-0.2, -0.15) is 5.10 Å². The number of nitrogens with one attached hydrogen (secondary N) is 1. The van der Waals surface area contributed by atoms with Gasteiger partial charge < -0.3 is 19.7 Å². The number of ether oxygens (including phenoxy) is 2. The van der Waals surface area contributed by atoms with Crippen LogP contribution in [0.1, 0.15) is 19.4 Å². The first-order valence-electron chi connectivity index (χ1n) is 11.4. The van der Waals surface area contributed by atoms with E-state index in [9.17, 15) is 4.79 Å². The summed E-state index contributed by atoms with van der Waals surface area (Å²) in [4.78, 5) is 24.2. The molecule has 33 heavy (non-hydrogen) atoms. The second-order valence-corrected chi connectivity index (χ2v) is 8.80. The fraction of sp³-hybridized carbons (Fsp3) is 0.478. The number of amides is 1. The zero-order valence-electron chi connectivity index (χ0n) is 19.1. The molecule has 9 nitrogen and oxygen atoms in total. The lowest BCUT2D eigenvalue weighted by atomic mass is 10.1. The highest BCUT2D eigenvalue weighted by molar-refractivity contribution is 7.99. The van der Waals surface area contributed by atoms with Gasteiger partial charge in [-0.1, -0.05) is 30.8 Å². The predicted molar refractivity (Wildman–Crippen MR) is 129 cm³/mol. The Kier molecular flexibility index (Phi) is 8.01. The molecular formula is C23H30N6O3S. The summed E-state index contributed by atoms with van der Waals surface area (Å²) < 4.78 is 12.8.